The van der Waals surface area contributed by atoms with Crippen LogP contribution in [0.1, 0.15) is 37.3 Å². The lowest BCUT2D eigenvalue weighted by atomic mass is 10.1. The van der Waals surface area contributed by atoms with Crippen LogP contribution in [0.2, 0.25) is 10.0 Å². The second kappa shape index (κ2) is 8.31. The quantitative estimate of drug-likeness (QED) is 0.587. The molecule has 3 heteroatoms. The minimum Gasteiger partial charge on any atom is -0.381 e. The van der Waals surface area contributed by atoms with Crippen molar-refractivity contribution in [2.45, 2.75) is 39.2 Å². The maximum Gasteiger partial charge on any atom is 0.0456 e. The Balaban J connectivity index is 1.90. The molecule has 0 radical (unpaired) electrons. The Hall–Kier alpha value is -1.18. The predicted octanol–water partition coefficient (Wildman–Crippen LogP) is 6.34. The predicted molar refractivity (Wildman–Crippen MR) is 93.5 cm³/mol. The lowest BCUT2D eigenvalue weighted by Gasteiger charge is -2.09. The Kier molecular flexibility index (Phi) is 6.41. The standard InChI is InChI=1S/C18H21Cl2N/c1-2-3-4-5-14-6-9-17(10-7-14)21-13-15-12-16(19)8-11-18(15)20/h6-12,21H,2-5,13H2,1H3. The highest BCUT2D eigenvalue weighted by molar-refractivity contribution is 6.33. The fourth-order valence-electron chi connectivity index (χ4n) is 2.24. The molecular formula is C18H21Cl2N. The summed E-state index contributed by atoms with van der Waals surface area (Å²) in [6.45, 7) is 2.91. The summed E-state index contributed by atoms with van der Waals surface area (Å²) in [6, 6.07) is 14.2. The molecule has 0 aliphatic carbocycles. The fourth-order valence-corrected chi connectivity index (χ4v) is 2.62. The van der Waals surface area contributed by atoms with Crippen LogP contribution in [-0.2, 0) is 13.0 Å². The van der Waals surface area contributed by atoms with Gasteiger partial charge in [0.15, 0.2) is 0 Å². The molecule has 1 N–H and O–H groups in total. The summed E-state index contributed by atoms with van der Waals surface area (Å²) in [6.07, 6.45) is 4.99. The number of unbranched alkanes of at least 4 members (excludes halogenated alkanes) is 2. The second-order valence-electron chi connectivity index (χ2n) is 5.24. The molecule has 0 aliphatic rings. The van der Waals surface area contributed by atoms with Crippen molar-refractivity contribution in [2.75, 3.05) is 5.32 Å². The zero-order valence-corrected chi connectivity index (χ0v) is 13.8. The number of aryl methyl sites for hydroxylation is 1. The van der Waals surface area contributed by atoms with E-state index in [2.05, 4.69) is 36.5 Å². The van der Waals surface area contributed by atoms with Crippen molar-refractivity contribution < 1.29 is 0 Å². The number of benzene rings is 2. The van der Waals surface area contributed by atoms with Crippen LogP contribution < -0.4 is 5.32 Å². The average molecular weight is 322 g/mol. The molecule has 21 heavy (non-hydrogen) atoms. The van der Waals surface area contributed by atoms with Gasteiger partial charge in [0.2, 0.25) is 0 Å². The molecule has 0 unspecified atom stereocenters. The minimum atomic E-state index is 0.675. The third-order valence-corrected chi connectivity index (χ3v) is 4.12. The third-order valence-electron chi connectivity index (χ3n) is 3.51. The lowest BCUT2D eigenvalue weighted by molar-refractivity contribution is 0.717. The monoisotopic (exact) mass is 321 g/mol. The zero-order chi connectivity index (χ0) is 15.1. The van der Waals surface area contributed by atoms with E-state index in [0.717, 1.165) is 22.7 Å². The van der Waals surface area contributed by atoms with E-state index in [1.165, 1.54) is 24.8 Å². The Morgan fingerprint density at radius 3 is 2.43 bits per heavy atom. The molecule has 0 amide bonds. The van der Waals surface area contributed by atoms with Gasteiger partial charge in [0.05, 0.1) is 0 Å². The molecule has 1 nitrogen and oxygen atoms in total. The number of hydrogen-bond acceptors (Lipinski definition) is 1. The van der Waals surface area contributed by atoms with Crippen molar-refractivity contribution in [1.29, 1.82) is 0 Å². The van der Waals surface area contributed by atoms with E-state index in [-0.39, 0.29) is 0 Å². The number of rotatable bonds is 7. The van der Waals surface area contributed by atoms with Gasteiger partial charge in [0, 0.05) is 22.3 Å². The van der Waals surface area contributed by atoms with Gasteiger partial charge in [-0.2, -0.15) is 0 Å². The molecule has 0 spiro atoms. The highest BCUT2D eigenvalue weighted by atomic mass is 35.5. The smallest absolute Gasteiger partial charge is 0.0456 e. The third kappa shape index (κ3) is 5.26. The SMILES string of the molecule is CCCCCc1ccc(NCc2cc(Cl)ccc2Cl)cc1. The van der Waals surface area contributed by atoms with Gasteiger partial charge in [-0.25, -0.2) is 0 Å². The highest BCUT2D eigenvalue weighted by Gasteiger charge is 2.01. The van der Waals surface area contributed by atoms with Gasteiger partial charge < -0.3 is 5.32 Å². The molecule has 2 aromatic carbocycles. The maximum atomic E-state index is 6.16. The van der Waals surface area contributed by atoms with Crippen molar-refractivity contribution in [1.82, 2.24) is 0 Å². The normalized spacial score (nSPS) is 10.6. The van der Waals surface area contributed by atoms with Crippen molar-refractivity contribution in [3.8, 4) is 0 Å². The fraction of sp³-hybridized carbons (Fsp3) is 0.333. The van der Waals surface area contributed by atoms with E-state index in [1.807, 2.05) is 12.1 Å². The first-order valence-corrected chi connectivity index (χ1v) is 8.21. The van der Waals surface area contributed by atoms with Crippen LogP contribution in [-0.4, -0.2) is 0 Å². The lowest BCUT2D eigenvalue weighted by Crippen LogP contribution is -2.00. The molecule has 0 aromatic heterocycles. The molecule has 0 saturated carbocycles. The number of hydrogen-bond donors (Lipinski definition) is 1. The Bertz CT molecular complexity index is 564. The molecule has 2 rings (SSSR count). The summed E-state index contributed by atoms with van der Waals surface area (Å²) in [5, 5.41) is 4.83. The van der Waals surface area contributed by atoms with Gasteiger partial charge in [-0.1, -0.05) is 55.1 Å². The van der Waals surface area contributed by atoms with Crippen LogP contribution >= 0.6 is 23.2 Å². The molecule has 0 bridgehead atoms. The van der Waals surface area contributed by atoms with Gasteiger partial charge in [-0.15, -0.1) is 0 Å². The van der Waals surface area contributed by atoms with Crippen LogP contribution in [0.25, 0.3) is 0 Å². The average Bonchev–Trinajstić information content (AvgIpc) is 2.50. The van der Waals surface area contributed by atoms with Gasteiger partial charge in [0.1, 0.15) is 0 Å². The highest BCUT2D eigenvalue weighted by Crippen LogP contribution is 2.22. The van der Waals surface area contributed by atoms with Crippen LogP contribution in [0.15, 0.2) is 42.5 Å². The zero-order valence-electron chi connectivity index (χ0n) is 12.3. The minimum absolute atomic E-state index is 0.675. The molecule has 0 atom stereocenters. The topological polar surface area (TPSA) is 12.0 Å². The molecule has 0 aliphatic heterocycles. The summed E-state index contributed by atoms with van der Waals surface area (Å²) in [5.41, 5.74) is 3.51. The second-order valence-corrected chi connectivity index (χ2v) is 6.09. The Morgan fingerprint density at radius 1 is 0.952 bits per heavy atom. The van der Waals surface area contributed by atoms with Gasteiger partial charge in [-0.3, -0.25) is 0 Å². The first kappa shape index (κ1) is 16.2. The largest absolute Gasteiger partial charge is 0.381 e. The molecule has 0 saturated heterocycles. The van der Waals surface area contributed by atoms with E-state index < -0.39 is 0 Å². The first-order chi connectivity index (χ1) is 10.2. The summed E-state index contributed by atoms with van der Waals surface area (Å²) in [7, 11) is 0. The Labute approximate surface area is 137 Å². The van der Waals surface area contributed by atoms with E-state index in [0.29, 0.717) is 11.6 Å². The molecule has 0 fully saturated rings. The van der Waals surface area contributed by atoms with Gasteiger partial charge >= 0.3 is 0 Å². The maximum absolute atomic E-state index is 6.16. The van der Waals surface area contributed by atoms with Crippen molar-refractivity contribution in [3.63, 3.8) is 0 Å². The summed E-state index contributed by atoms with van der Waals surface area (Å²) >= 11 is 12.2. The van der Waals surface area contributed by atoms with E-state index in [1.54, 1.807) is 6.07 Å². The van der Waals surface area contributed by atoms with Crippen LogP contribution in [0, 0.1) is 0 Å². The Morgan fingerprint density at radius 2 is 1.71 bits per heavy atom. The van der Waals surface area contributed by atoms with E-state index in [9.17, 15) is 0 Å². The number of nitrogens with one attached hydrogen (secondary N) is 1. The van der Waals surface area contributed by atoms with Crippen LogP contribution in [0.5, 0.6) is 0 Å². The number of halogens is 2. The van der Waals surface area contributed by atoms with Gasteiger partial charge in [0.25, 0.3) is 0 Å². The first-order valence-electron chi connectivity index (χ1n) is 7.46. The van der Waals surface area contributed by atoms with Gasteiger partial charge in [-0.05, 0) is 54.3 Å². The van der Waals surface area contributed by atoms with Crippen molar-refractivity contribution in [2.24, 2.45) is 0 Å². The summed E-state index contributed by atoms with van der Waals surface area (Å²) in [4.78, 5) is 0. The summed E-state index contributed by atoms with van der Waals surface area (Å²) < 4.78 is 0. The molecule has 2 aromatic rings. The van der Waals surface area contributed by atoms with E-state index in [4.69, 9.17) is 23.2 Å². The van der Waals surface area contributed by atoms with Crippen molar-refractivity contribution in [3.05, 3.63) is 63.6 Å². The van der Waals surface area contributed by atoms with Crippen LogP contribution in [0.3, 0.4) is 0 Å². The summed E-state index contributed by atoms with van der Waals surface area (Å²) in [5.74, 6) is 0. The molecule has 0 heterocycles. The van der Waals surface area contributed by atoms with E-state index >= 15 is 0 Å². The van der Waals surface area contributed by atoms with Crippen LogP contribution in [0.4, 0.5) is 5.69 Å². The van der Waals surface area contributed by atoms with Crippen molar-refractivity contribution >= 4 is 28.9 Å². The number of anilines is 1. The molecule has 112 valence electrons. The molecular weight excluding hydrogens is 301 g/mol.